The third-order valence-electron chi connectivity index (χ3n) is 6.74. The fourth-order valence-corrected chi connectivity index (χ4v) is 5.87. The van der Waals surface area contributed by atoms with Crippen LogP contribution >= 0.6 is 36.0 Å². The molecular formula is C35H28ClFN4O3S2. The van der Waals surface area contributed by atoms with E-state index in [9.17, 15) is 4.79 Å². The molecule has 0 spiro atoms. The van der Waals surface area contributed by atoms with E-state index in [1.54, 1.807) is 24.5 Å². The van der Waals surface area contributed by atoms with Gasteiger partial charge in [0, 0.05) is 47.2 Å². The number of anilines is 1. The van der Waals surface area contributed by atoms with Crippen molar-refractivity contribution in [3.05, 3.63) is 133 Å². The van der Waals surface area contributed by atoms with E-state index in [1.807, 2.05) is 78.9 Å². The summed E-state index contributed by atoms with van der Waals surface area (Å²) < 4.78 is 27.8. The number of carbonyl (C=O) groups excluding carboxylic acids is 1. The van der Waals surface area contributed by atoms with Gasteiger partial charge in [-0.3, -0.25) is 14.8 Å². The van der Waals surface area contributed by atoms with Crippen LogP contribution in [0.1, 0.15) is 11.3 Å². The summed E-state index contributed by atoms with van der Waals surface area (Å²) in [5, 5.41) is 5.54. The Morgan fingerprint density at radius 3 is 2.43 bits per heavy atom. The monoisotopic (exact) mass is 670 g/mol. The van der Waals surface area contributed by atoms with Gasteiger partial charge in [0.15, 0.2) is 16.7 Å². The molecule has 0 radical (unpaired) electrons. The number of hydrogen-bond acceptors (Lipinski definition) is 7. The van der Waals surface area contributed by atoms with Crippen LogP contribution in [0.4, 0.5) is 10.1 Å². The molecule has 46 heavy (non-hydrogen) atoms. The van der Waals surface area contributed by atoms with Crippen molar-refractivity contribution in [2.45, 2.75) is 12.8 Å². The third-order valence-corrected chi connectivity index (χ3v) is 8.13. The Hall–Kier alpha value is -4.90. The van der Waals surface area contributed by atoms with Crippen LogP contribution in [0.5, 0.6) is 17.2 Å². The van der Waals surface area contributed by atoms with Crippen molar-refractivity contribution >= 4 is 62.9 Å². The molecule has 6 rings (SSSR count). The maximum absolute atomic E-state index is 15.1. The average molecular weight is 671 g/mol. The number of ether oxygens (including phenoxy) is 2. The Kier molecular flexibility index (Phi) is 10.9. The first-order valence-corrected chi connectivity index (χ1v) is 15.4. The largest absolute Gasteiger partial charge is 0.493 e. The van der Waals surface area contributed by atoms with E-state index < -0.39 is 5.82 Å². The normalized spacial score (nSPS) is 10.5. The number of thiophene rings is 1. The molecule has 0 unspecified atom stereocenters. The Labute approximate surface area is 280 Å². The smallest absolute Gasteiger partial charge is 0.230 e. The summed E-state index contributed by atoms with van der Waals surface area (Å²) in [6.07, 6.45) is 4.33. The molecule has 0 aliphatic rings. The predicted molar refractivity (Wildman–Crippen MR) is 187 cm³/mol. The molecule has 1 amide bonds. The van der Waals surface area contributed by atoms with Gasteiger partial charge in [0.1, 0.15) is 11.5 Å². The molecule has 0 aliphatic carbocycles. The fourth-order valence-electron chi connectivity index (χ4n) is 4.57. The molecule has 7 nitrogen and oxygen atoms in total. The van der Waals surface area contributed by atoms with Gasteiger partial charge in [0.05, 0.1) is 23.2 Å². The van der Waals surface area contributed by atoms with Gasteiger partial charge in [-0.15, -0.1) is 23.7 Å². The first-order chi connectivity index (χ1) is 22.0. The number of carbonyl (C=O) groups is 1. The van der Waals surface area contributed by atoms with Gasteiger partial charge in [0.2, 0.25) is 5.91 Å². The SMILES string of the molecule is Cl.O=C(Cc1ccccc1)NC(=S)Nc1ccc(Oc2ccnc3cc(-c4ccc(OCCc5ccccn5)cc4)sc23)c(F)c1. The molecule has 0 saturated carbocycles. The van der Waals surface area contributed by atoms with Crippen molar-refractivity contribution in [1.82, 2.24) is 15.3 Å². The zero-order valence-corrected chi connectivity index (χ0v) is 26.8. The molecular weight excluding hydrogens is 643 g/mol. The third kappa shape index (κ3) is 8.42. The highest BCUT2D eigenvalue weighted by Crippen LogP contribution is 2.40. The zero-order valence-electron chi connectivity index (χ0n) is 24.3. The number of benzene rings is 3. The lowest BCUT2D eigenvalue weighted by atomic mass is 10.1. The second-order valence-electron chi connectivity index (χ2n) is 9.99. The summed E-state index contributed by atoms with van der Waals surface area (Å²) in [7, 11) is 0. The minimum atomic E-state index is -0.584. The van der Waals surface area contributed by atoms with E-state index in [4.69, 9.17) is 21.7 Å². The first-order valence-electron chi connectivity index (χ1n) is 14.1. The van der Waals surface area contributed by atoms with Crippen LogP contribution in [0.25, 0.3) is 20.7 Å². The summed E-state index contributed by atoms with van der Waals surface area (Å²) in [5.41, 5.74) is 3.99. The van der Waals surface area contributed by atoms with E-state index >= 15 is 4.39 Å². The van der Waals surface area contributed by atoms with E-state index in [1.165, 1.54) is 23.5 Å². The lowest BCUT2D eigenvalue weighted by Gasteiger charge is -2.12. The van der Waals surface area contributed by atoms with Gasteiger partial charge in [-0.05, 0) is 77.9 Å². The second-order valence-corrected chi connectivity index (χ2v) is 11.5. The number of amides is 1. The van der Waals surface area contributed by atoms with E-state index in [0.29, 0.717) is 18.0 Å². The Morgan fingerprint density at radius 2 is 1.67 bits per heavy atom. The van der Waals surface area contributed by atoms with Crippen LogP contribution in [-0.4, -0.2) is 27.6 Å². The number of nitrogens with zero attached hydrogens (tertiary/aromatic N) is 2. The van der Waals surface area contributed by atoms with Gasteiger partial charge in [-0.2, -0.15) is 0 Å². The summed E-state index contributed by atoms with van der Waals surface area (Å²) >= 11 is 6.75. The average Bonchev–Trinajstić information content (AvgIpc) is 3.49. The molecule has 0 fully saturated rings. The molecule has 0 saturated heterocycles. The predicted octanol–water partition coefficient (Wildman–Crippen LogP) is 8.39. The first kappa shape index (κ1) is 32.5. The van der Waals surface area contributed by atoms with Crippen molar-refractivity contribution in [2.75, 3.05) is 11.9 Å². The second kappa shape index (κ2) is 15.4. The van der Waals surface area contributed by atoms with Crippen LogP contribution in [-0.2, 0) is 17.6 Å². The van der Waals surface area contributed by atoms with Gasteiger partial charge in [-0.25, -0.2) is 4.39 Å². The van der Waals surface area contributed by atoms with Gasteiger partial charge in [0.25, 0.3) is 0 Å². The lowest BCUT2D eigenvalue weighted by Crippen LogP contribution is -2.35. The number of pyridine rings is 2. The maximum Gasteiger partial charge on any atom is 0.230 e. The van der Waals surface area contributed by atoms with Gasteiger partial charge < -0.3 is 20.1 Å². The molecule has 2 N–H and O–H groups in total. The highest BCUT2D eigenvalue weighted by atomic mass is 35.5. The molecule has 3 aromatic carbocycles. The highest BCUT2D eigenvalue weighted by Gasteiger charge is 2.14. The number of rotatable bonds is 10. The van der Waals surface area contributed by atoms with Crippen molar-refractivity contribution in [3.63, 3.8) is 0 Å². The van der Waals surface area contributed by atoms with Gasteiger partial charge >= 0.3 is 0 Å². The highest BCUT2D eigenvalue weighted by molar-refractivity contribution is 7.80. The molecule has 232 valence electrons. The molecule has 0 aliphatic heterocycles. The van der Waals surface area contributed by atoms with Crippen LogP contribution in [0, 0.1) is 5.82 Å². The minimum absolute atomic E-state index is 0. The van der Waals surface area contributed by atoms with Crippen molar-refractivity contribution < 1.29 is 18.7 Å². The topological polar surface area (TPSA) is 85.4 Å². The van der Waals surface area contributed by atoms with Gasteiger partial charge in [-0.1, -0.05) is 36.4 Å². The fraction of sp³-hybridized carbons (Fsp3) is 0.0857. The number of thiocarbonyl (C=S) groups is 1. The van der Waals surface area contributed by atoms with Crippen molar-refractivity contribution in [1.29, 1.82) is 0 Å². The molecule has 6 aromatic rings. The van der Waals surface area contributed by atoms with E-state index in [-0.39, 0.29) is 35.6 Å². The van der Waals surface area contributed by atoms with Crippen molar-refractivity contribution in [2.24, 2.45) is 0 Å². The molecule has 3 aromatic heterocycles. The standard InChI is InChI=1S/C35H27FN4O3S2.ClH/c36-28-21-26(39-35(44)40-33(41)20-23-6-2-1-3-7-23)11-14-30(28)43-31-15-18-38-29-22-32(45-34(29)31)24-9-12-27(13-10-24)42-19-16-25-8-4-5-17-37-25;/h1-15,17-18,21-22H,16,19-20H2,(H2,39,40,41,44);1H. The van der Waals surface area contributed by atoms with E-state index in [2.05, 4.69) is 20.6 Å². The number of halogens is 2. The minimum Gasteiger partial charge on any atom is -0.493 e. The summed E-state index contributed by atoms with van der Waals surface area (Å²) in [6.45, 7) is 0.537. The summed E-state index contributed by atoms with van der Waals surface area (Å²) in [4.78, 5) is 22.1. The van der Waals surface area contributed by atoms with Crippen LogP contribution in [0.15, 0.2) is 116 Å². The molecule has 11 heteroatoms. The number of aromatic nitrogens is 2. The van der Waals surface area contributed by atoms with Crippen molar-refractivity contribution in [3.8, 4) is 27.7 Å². The molecule has 0 bridgehead atoms. The van der Waals surface area contributed by atoms with E-state index in [0.717, 1.165) is 44.1 Å². The lowest BCUT2D eigenvalue weighted by molar-refractivity contribution is -0.119. The zero-order chi connectivity index (χ0) is 31.0. The molecule has 0 atom stereocenters. The summed E-state index contributed by atoms with van der Waals surface area (Å²) in [5.74, 6) is 0.473. The number of nitrogens with one attached hydrogen (secondary N) is 2. The Morgan fingerprint density at radius 1 is 0.870 bits per heavy atom. The molecule has 3 heterocycles. The quantitative estimate of drug-likeness (QED) is 0.142. The Bertz CT molecular complexity index is 1940. The van der Waals surface area contributed by atoms with Crippen LogP contribution in [0.2, 0.25) is 0 Å². The maximum atomic E-state index is 15.1. The summed E-state index contributed by atoms with van der Waals surface area (Å²) in [6, 6.07) is 31.2. The van der Waals surface area contributed by atoms with Crippen LogP contribution < -0.4 is 20.1 Å². The number of hydrogen-bond donors (Lipinski definition) is 2. The van der Waals surface area contributed by atoms with Crippen LogP contribution in [0.3, 0.4) is 0 Å². The number of fused-ring (bicyclic) bond motifs is 1. The Balaban J connectivity index is 0.00000417.